The van der Waals surface area contributed by atoms with E-state index in [2.05, 4.69) is 15.6 Å². The van der Waals surface area contributed by atoms with Crippen molar-refractivity contribution in [3.05, 3.63) is 86.9 Å². The van der Waals surface area contributed by atoms with Crippen molar-refractivity contribution in [1.82, 2.24) is 14.8 Å². The van der Waals surface area contributed by atoms with E-state index in [1.807, 2.05) is 42.6 Å². The van der Waals surface area contributed by atoms with Gasteiger partial charge in [-0.2, -0.15) is 4.98 Å². The highest BCUT2D eigenvalue weighted by Crippen LogP contribution is 2.39. The molecule has 1 amide bonds. The molecule has 10 heteroatoms. The number of ether oxygens (including phenoxy) is 1. The van der Waals surface area contributed by atoms with Crippen LogP contribution < -0.4 is 15.4 Å². The molecule has 1 aliphatic rings. The Labute approximate surface area is 210 Å². The van der Waals surface area contributed by atoms with Gasteiger partial charge in [0.1, 0.15) is 11.8 Å². The lowest BCUT2D eigenvalue weighted by Gasteiger charge is -2.29. The Morgan fingerprint density at radius 3 is 2.71 bits per heavy atom. The molecular formula is C24H19Cl2N5O2S. The summed E-state index contributed by atoms with van der Waals surface area (Å²) in [6.07, 6.45) is 0. The molecule has 1 unspecified atom stereocenters. The molecule has 0 radical (unpaired) electrons. The zero-order valence-corrected chi connectivity index (χ0v) is 20.5. The van der Waals surface area contributed by atoms with E-state index in [-0.39, 0.29) is 5.91 Å². The number of carbonyl (C=O) groups excluding carboxylic acids is 1. The van der Waals surface area contributed by atoms with Crippen LogP contribution in [-0.2, 0) is 4.79 Å². The maximum atomic E-state index is 13.6. The minimum Gasteiger partial charge on any atom is -0.495 e. The number of amides is 1. The molecule has 0 bridgehead atoms. The second-order valence-electron chi connectivity index (χ2n) is 7.58. The summed E-state index contributed by atoms with van der Waals surface area (Å²) in [7, 11) is 1.56. The van der Waals surface area contributed by atoms with Gasteiger partial charge < -0.3 is 15.4 Å². The number of allylic oxidation sites excluding steroid dienone is 1. The van der Waals surface area contributed by atoms with Crippen molar-refractivity contribution in [3.63, 3.8) is 0 Å². The Morgan fingerprint density at radius 2 is 1.97 bits per heavy atom. The van der Waals surface area contributed by atoms with Gasteiger partial charge in [-0.3, -0.25) is 4.79 Å². The molecule has 2 aromatic carbocycles. The first-order chi connectivity index (χ1) is 16.5. The van der Waals surface area contributed by atoms with Crippen LogP contribution in [0.3, 0.4) is 0 Å². The molecule has 1 atom stereocenters. The van der Waals surface area contributed by atoms with Gasteiger partial charge in [0.25, 0.3) is 5.91 Å². The van der Waals surface area contributed by atoms with Crippen molar-refractivity contribution in [3.8, 4) is 16.5 Å². The second-order valence-corrected chi connectivity index (χ2v) is 9.34. The number of hydrogen-bond acceptors (Lipinski definition) is 6. The second kappa shape index (κ2) is 9.13. The first kappa shape index (κ1) is 22.5. The number of methoxy groups -OCH3 is 1. The van der Waals surface area contributed by atoms with Crippen LogP contribution >= 0.6 is 34.5 Å². The van der Waals surface area contributed by atoms with Gasteiger partial charge >= 0.3 is 0 Å². The normalized spacial score (nSPS) is 15.0. The van der Waals surface area contributed by atoms with Crippen LogP contribution in [0.4, 0.5) is 11.6 Å². The van der Waals surface area contributed by atoms with E-state index in [9.17, 15) is 4.79 Å². The van der Waals surface area contributed by atoms with Crippen LogP contribution in [0.1, 0.15) is 18.5 Å². The standard InChI is InChI=1S/C24H19Cl2N5O2S/c1-13-20(23(32)28-17-6-3-4-7-18(17)33-2)21(14-9-10-15(25)16(26)12-14)31-24(27-13)29-22(30-31)19-8-5-11-34-19/h3-12,21H,1-2H3,(H,28,32)(H,27,29,30). The summed E-state index contributed by atoms with van der Waals surface area (Å²) in [6, 6.07) is 15.9. The zero-order valence-electron chi connectivity index (χ0n) is 18.2. The van der Waals surface area contributed by atoms with Crippen LogP contribution in [0.2, 0.25) is 10.0 Å². The topological polar surface area (TPSA) is 81.1 Å². The van der Waals surface area contributed by atoms with Crippen LogP contribution in [0, 0.1) is 0 Å². The molecule has 2 N–H and O–H groups in total. The van der Waals surface area contributed by atoms with Gasteiger partial charge in [0, 0.05) is 5.70 Å². The minimum atomic E-state index is -0.582. The first-order valence-corrected chi connectivity index (χ1v) is 12.0. The molecule has 5 rings (SSSR count). The number of hydrogen-bond donors (Lipinski definition) is 2. The number of fused-ring (bicyclic) bond motifs is 1. The molecule has 0 aliphatic carbocycles. The Balaban J connectivity index is 1.62. The fourth-order valence-electron chi connectivity index (χ4n) is 3.88. The van der Waals surface area contributed by atoms with Crippen molar-refractivity contribution in [2.45, 2.75) is 13.0 Å². The summed E-state index contributed by atoms with van der Waals surface area (Å²) in [5.74, 6) is 1.36. The molecule has 0 saturated heterocycles. The third kappa shape index (κ3) is 4.04. The van der Waals surface area contributed by atoms with Crippen molar-refractivity contribution in [2.24, 2.45) is 0 Å². The molecule has 0 spiro atoms. The van der Waals surface area contributed by atoms with Crippen molar-refractivity contribution >= 4 is 52.1 Å². The molecule has 172 valence electrons. The predicted octanol–water partition coefficient (Wildman–Crippen LogP) is 6.25. The van der Waals surface area contributed by atoms with Gasteiger partial charge in [-0.1, -0.05) is 47.5 Å². The number of nitrogens with one attached hydrogen (secondary N) is 2. The predicted molar refractivity (Wildman–Crippen MR) is 136 cm³/mol. The smallest absolute Gasteiger partial charge is 0.255 e. The largest absolute Gasteiger partial charge is 0.495 e. The fourth-order valence-corrected chi connectivity index (χ4v) is 4.84. The number of carbonyl (C=O) groups is 1. The molecule has 0 fully saturated rings. The van der Waals surface area contributed by atoms with Crippen LogP contribution in [-0.4, -0.2) is 27.8 Å². The number of rotatable bonds is 5. The van der Waals surface area contributed by atoms with E-state index in [0.29, 0.717) is 44.5 Å². The van der Waals surface area contributed by atoms with E-state index < -0.39 is 6.04 Å². The molecule has 4 aromatic rings. The van der Waals surface area contributed by atoms with Crippen LogP contribution in [0.25, 0.3) is 10.7 Å². The summed E-state index contributed by atoms with van der Waals surface area (Å²) in [4.78, 5) is 19.2. The van der Waals surface area contributed by atoms with Crippen molar-refractivity contribution in [2.75, 3.05) is 17.7 Å². The third-order valence-corrected chi connectivity index (χ3v) is 7.06. The van der Waals surface area contributed by atoms with Crippen molar-refractivity contribution < 1.29 is 9.53 Å². The van der Waals surface area contributed by atoms with Gasteiger partial charge in [0.2, 0.25) is 5.95 Å². The van der Waals surface area contributed by atoms with Gasteiger partial charge in [0.05, 0.1) is 33.3 Å². The SMILES string of the molecule is COc1ccccc1NC(=O)C1=C(C)Nc2nc(-c3cccs3)nn2C1c1ccc(Cl)c(Cl)c1. The number of aromatic nitrogens is 3. The molecule has 1 aliphatic heterocycles. The average molecular weight is 512 g/mol. The monoisotopic (exact) mass is 511 g/mol. The van der Waals surface area contributed by atoms with Crippen LogP contribution in [0.15, 0.2) is 71.2 Å². The molecule has 7 nitrogen and oxygen atoms in total. The summed E-state index contributed by atoms with van der Waals surface area (Å²) in [5, 5.41) is 13.7. The minimum absolute atomic E-state index is 0.301. The van der Waals surface area contributed by atoms with Crippen molar-refractivity contribution in [1.29, 1.82) is 0 Å². The lowest BCUT2D eigenvalue weighted by atomic mass is 9.95. The number of benzene rings is 2. The van der Waals surface area contributed by atoms with Gasteiger partial charge in [0.15, 0.2) is 5.82 Å². The number of halogens is 2. The molecule has 2 aromatic heterocycles. The van der Waals surface area contributed by atoms with E-state index in [1.165, 1.54) is 0 Å². The fraction of sp³-hybridized carbons (Fsp3) is 0.125. The van der Waals surface area contributed by atoms with E-state index >= 15 is 0 Å². The van der Waals surface area contributed by atoms with Gasteiger partial charge in [-0.15, -0.1) is 16.4 Å². The zero-order chi connectivity index (χ0) is 23.8. The highest BCUT2D eigenvalue weighted by Gasteiger charge is 2.35. The Hall–Kier alpha value is -3.33. The average Bonchev–Trinajstić information content (AvgIpc) is 3.50. The number of para-hydroxylation sites is 2. The van der Waals surface area contributed by atoms with Gasteiger partial charge in [-0.05, 0) is 48.2 Å². The van der Waals surface area contributed by atoms with E-state index in [4.69, 9.17) is 33.0 Å². The molecule has 34 heavy (non-hydrogen) atoms. The Bertz CT molecular complexity index is 1410. The lowest BCUT2D eigenvalue weighted by molar-refractivity contribution is -0.113. The maximum Gasteiger partial charge on any atom is 0.255 e. The summed E-state index contributed by atoms with van der Waals surface area (Å²) in [5.41, 5.74) is 2.44. The highest BCUT2D eigenvalue weighted by molar-refractivity contribution is 7.13. The van der Waals surface area contributed by atoms with E-state index in [0.717, 1.165) is 10.4 Å². The summed E-state index contributed by atoms with van der Waals surface area (Å²) in [6.45, 7) is 1.84. The number of nitrogens with zero attached hydrogens (tertiary/aromatic N) is 3. The lowest BCUT2D eigenvalue weighted by Crippen LogP contribution is -2.31. The highest BCUT2D eigenvalue weighted by atomic mass is 35.5. The van der Waals surface area contributed by atoms with E-state index in [1.54, 1.807) is 47.4 Å². The molecular weight excluding hydrogens is 493 g/mol. The maximum absolute atomic E-state index is 13.6. The Kier molecular flexibility index (Phi) is 6.03. The number of thiophene rings is 1. The molecule has 3 heterocycles. The molecule has 0 saturated carbocycles. The summed E-state index contributed by atoms with van der Waals surface area (Å²) < 4.78 is 7.10. The number of anilines is 2. The third-order valence-electron chi connectivity index (χ3n) is 5.45. The summed E-state index contributed by atoms with van der Waals surface area (Å²) >= 11 is 14.1. The first-order valence-electron chi connectivity index (χ1n) is 10.3. The Morgan fingerprint density at radius 1 is 1.15 bits per heavy atom. The van der Waals surface area contributed by atoms with Gasteiger partial charge in [-0.25, -0.2) is 4.68 Å². The van der Waals surface area contributed by atoms with Crippen LogP contribution in [0.5, 0.6) is 5.75 Å². The quantitative estimate of drug-likeness (QED) is 0.331.